The van der Waals surface area contributed by atoms with Crippen molar-refractivity contribution in [1.29, 1.82) is 0 Å². The third-order valence-electron chi connectivity index (χ3n) is 4.74. The van der Waals surface area contributed by atoms with E-state index in [0.717, 1.165) is 11.1 Å². The van der Waals surface area contributed by atoms with Gasteiger partial charge >= 0.3 is 0 Å². The van der Waals surface area contributed by atoms with Crippen LogP contribution in [0, 0.1) is 5.92 Å². The van der Waals surface area contributed by atoms with E-state index in [1.807, 2.05) is 72.5 Å². The quantitative estimate of drug-likeness (QED) is 0.787. The number of carbonyl (C=O) groups is 2. The molecule has 0 saturated carbocycles. The zero-order chi connectivity index (χ0) is 17.1. The van der Waals surface area contributed by atoms with Gasteiger partial charge in [0, 0.05) is 12.3 Å². The van der Waals surface area contributed by atoms with E-state index in [1.54, 1.807) is 0 Å². The molecule has 4 heteroatoms. The van der Waals surface area contributed by atoms with E-state index in [9.17, 15) is 9.59 Å². The van der Waals surface area contributed by atoms with Gasteiger partial charge in [0.05, 0.1) is 12.1 Å². The number of halogens is 1. The van der Waals surface area contributed by atoms with Gasteiger partial charge in [-0.15, -0.1) is 11.6 Å². The summed E-state index contributed by atoms with van der Waals surface area (Å²) in [5.41, 5.74) is 1.94. The second-order valence-electron chi connectivity index (χ2n) is 6.18. The van der Waals surface area contributed by atoms with Crippen LogP contribution in [0.3, 0.4) is 0 Å². The number of rotatable bonds is 3. The first-order valence-electron chi connectivity index (χ1n) is 8.13. The number of carbonyl (C=O) groups excluding carboxylic acids is 2. The third kappa shape index (κ3) is 3.09. The van der Waals surface area contributed by atoms with Gasteiger partial charge in [-0.05, 0) is 11.1 Å². The normalized spacial score (nSPS) is 24.0. The average Bonchev–Trinajstić information content (AvgIpc) is 2.64. The SMILES string of the molecule is CC1C(=O)CC(c2ccccc2)N(C(=O)CCl)C1c1ccccc1. The molecule has 0 N–H and O–H groups in total. The molecule has 3 rings (SSSR count). The van der Waals surface area contributed by atoms with E-state index in [1.165, 1.54) is 0 Å². The Morgan fingerprint density at radius 2 is 1.58 bits per heavy atom. The Hall–Kier alpha value is -2.13. The Morgan fingerprint density at radius 1 is 1.04 bits per heavy atom. The second-order valence-corrected chi connectivity index (χ2v) is 6.44. The Balaban J connectivity index is 2.09. The fourth-order valence-electron chi connectivity index (χ4n) is 3.54. The van der Waals surface area contributed by atoms with Crippen molar-refractivity contribution in [2.45, 2.75) is 25.4 Å². The molecule has 124 valence electrons. The molecule has 1 aliphatic rings. The number of benzene rings is 2. The second kappa shape index (κ2) is 7.18. The molecule has 3 nitrogen and oxygen atoms in total. The molecule has 3 unspecified atom stereocenters. The number of likely N-dealkylation sites (tertiary alicyclic amines) is 1. The summed E-state index contributed by atoms with van der Waals surface area (Å²) < 4.78 is 0. The van der Waals surface area contributed by atoms with Gasteiger partial charge in [-0.2, -0.15) is 0 Å². The summed E-state index contributed by atoms with van der Waals surface area (Å²) in [5.74, 6) is -0.303. The molecular formula is C20H20ClNO2. The first-order chi connectivity index (χ1) is 11.6. The molecule has 2 aromatic rings. The fraction of sp³-hybridized carbons (Fsp3) is 0.300. The van der Waals surface area contributed by atoms with Gasteiger partial charge in [-0.25, -0.2) is 0 Å². The zero-order valence-corrected chi connectivity index (χ0v) is 14.3. The molecule has 1 fully saturated rings. The van der Waals surface area contributed by atoms with Crippen LogP contribution in [-0.4, -0.2) is 22.5 Å². The summed E-state index contributed by atoms with van der Waals surface area (Å²) in [4.78, 5) is 27.1. The van der Waals surface area contributed by atoms with E-state index in [-0.39, 0.29) is 35.6 Å². The Morgan fingerprint density at radius 3 is 2.12 bits per heavy atom. The molecule has 1 amide bonds. The number of hydrogen-bond donors (Lipinski definition) is 0. The highest BCUT2D eigenvalue weighted by Crippen LogP contribution is 2.43. The first-order valence-corrected chi connectivity index (χ1v) is 8.66. The maximum atomic E-state index is 12.7. The monoisotopic (exact) mass is 341 g/mol. The number of ketones is 1. The zero-order valence-electron chi connectivity index (χ0n) is 13.6. The number of amides is 1. The lowest BCUT2D eigenvalue weighted by atomic mass is 9.80. The van der Waals surface area contributed by atoms with Crippen LogP contribution in [-0.2, 0) is 9.59 Å². The largest absolute Gasteiger partial charge is 0.326 e. The predicted molar refractivity (Wildman–Crippen MR) is 94.7 cm³/mol. The van der Waals surface area contributed by atoms with Crippen LogP contribution in [0.25, 0.3) is 0 Å². The van der Waals surface area contributed by atoms with Crippen molar-refractivity contribution in [1.82, 2.24) is 4.90 Å². The average molecular weight is 342 g/mol. The minimum Gasteiger partial charge on any atom is -0.326 e. The van der Waals surface area contributed by atoms with Gasteiger partial charge in [0.1, 0.15) is 11.7 Å². The molecule has 0 spiro atoms. The summed E-state index contributed by atoms with van der Waals surface area (Å²) in [6.45, 7) is 1.90. The minimum absolute atomic E-state index is 0.0897. The number of hydrogen-bond acceptors (Lipinski definition) is 2. The van der Waals surface area contributed by atoms with E-state index in [0.29, 0.717) is 6.42 Å². The minimum atomic E-state index is -0.288. The smallest absolute Gasteiger partial charge is 0.238 e. The van der Waals surface area contributed by atoms with Crippen molar-refractivity contribution in [3.63, 3.8) is 0 Å². The lowest BCUT2D eigenvalue weighted by molar-refractivity contribution is -0.144. The molecular weight excluding hydrogens is 322 g/mol. The lowest BCUT2D eigenvalue weighted by Crippen LogP contribution is -2.48. The Bertz CT molecular complexity index is 717. The van der Waals surface area contributed by atoms with Crippen LogP contribution in [0.4, 0.5) is 0 Å². The Kier molecular flexibility index (Phi) is 5.00. The maximum absolute atomic E-state index is 12.7. The number of Topliss-reactive ketones (excluding diaryl/α,β-unsaturated/α-hetero) is 1. The van der Waals surface area contributed by atoms with Crippen LogP contribution >= 0.6 is 11.6 Å². The van der Waals surface area contributed by atoms with Crippen molar-refractivity contribution in [2.24, 2.45) is 5.92 Å². The summed E-state index contributed by atoms with van der Waals surface area (Å²) in [7, 11) is 0. The highest BCUT2D eigenvalue weighted by Gasteiger charge is 2.43. The van der Waals surface area contributed by atoms with Crippen LogP contribution in [0.1, 0.15) is 36.6 Å². The van der Waals surface area contributed by atoms with E-state index < -0.39 is 0 Å². The summed E-state index contributed by atoms with van der Waals surface area (Å²) in [6.07, 6.45) is 0.330. The summed E-state index contributed by atoms with van der Waals surface area (Å²) in [6, 6.07) is 18.9. The standard InChI is InChI=1S/C20H20ClNO2/c1-14-18(23)12-17(15-8-4-2-5-9-15)22(19(24)13-21)20(14)16-10-6-3-7-11-16/h2-11,14,17,20H,12-13H2,1H3. The van der Waals surface area contributed by atoms with Gasteiger partial charge in [0.25, 0.3) is 0 Å². The number of alkyl halides is 1. The van der Waals surface area contributed by atoms with Crippen molar-refractivity contribution in [3.05, 3.63) is 71.8 Å². The van der Waals surface area contributed by atoms with Gasteiger partial charge in [0.15, 0.2) is 0 Å². The van der Waals surface area contributed by atoms with Gasteiger partial charge in [0.2, 0.25) is 5.91 Å². The van der Waals surface area contributed by atoms with E-state index >= 15 is 0 Å². The summed E-state index contributed by atoms with van der Waals surface area (Å²) >= 11 is 5.90. The van der Waals surface area contributed by atoms with Crippen molar-refractivity contribution < 1.29 is 9.59 Å². The molecule has 2 aromatic carbocycles. The van der Waals surface area contributed by atoms with Crippen LogP contribution < -0.4 is 0 Å². The molecule has 0 radical (unpaired) electrons. The van der Waals surface area contributed by atoms with Crippen LogP contribution in [0.5, 0.6) is 0 Å². The predicted octanol–water partition coefficient (Wildman–Crippen LogP) is 4.15. The highest BCUT2D eigenvalue weighted by molar-refractivity contribution is 6.27. The van der Waals surface area contributed by atoms with E-state index in [2.05, 4.69) is 0 Å². The summed E-state index contributed by atoms with van der Waals surface area (Å²) in [5, 5.41) is 0. The molecule has 24 heavy (non-hydrogen) atoms. The Labute approximate surface area is 147 Å². The van der Waals surface area contributed by atoms with Crippen molar-refractivity contribution in [3.8, 4) is 0 Å². The molecule has 1 heterocycles. The number of piperidine rings is 1. The van der Waals surface area contributed by atoms with Gasteiger partial charge < -0.3 is 4.90 Å². The molecule has 0 aromatic heterocycles. The van der Waals surface area contributed by atoms with Crippen LogP contribution in [0.15, 0.2) is 60.7 Å². The van der Waals surface area contributed by atoms with Crippen LogP contribution in [0.2, 0.25) is 0 Å². The molecule has 1 saturated heterocycles. The fourth-order valence-corrected chi connectivity index (χ4v) is 3.67. The third-order valence-corrected chi connectivity index (χ3v) is 4.97. The number of nitrogens with zero attached hydrogens (tertiary/aromatic N) is 1. The van der Waals surface area contributed by atoms with Crippen molar-refractivity contribution >= 4 is 23.3 Å². The van der Waals surface area contributed by atoms with Gasteiger partial charge in [-0.1, -0.05) is 67.6 Å². The molecule has 3 atom stereocenters. The van der Waals surface area contributed by atoms with E-state index in [4.69, 9.17) is 11.6 Å². The lowest BCUT2D eigenvalue weighted by Gasteiger charge is -2.45. The first kappa shape index (κ1) is 16.7. The molecule has 0 bridgehead atoms. The van der Waals surface area contributed by atoms with Gasteiger partial charge in [-0.3, -0.25) is 9.59 Å². The molecule has 0 aliphatic carbocycles. The molecule has 1 aliphatic heterocycles. The topological polar surface area (TPSA) is 37.4 Å². The maximum Gasteiger partial charge on any atom is 0.238 e. The highest BCUT2D eigenvalue weighted by atomic mass is 35.5. The van der Waals surface area contributed by atoms with Crippen molar-refractivity contribution in [2.75, 3.05) is 5.88 Å².